The molecule has 2 heterocycles. The molecule has 1 aliphatic rings. The maximum Gasteiger partial charge on any atom is 0.133 e. The summed E-state index contributed by atoms with van der Waals surface area (Å²) in [6, 6.07) is 9.02. The van der Waals surface area contributed by atoms with Gasteiger partial charge in [0.1, 0.15) is 11.6 Å². The van der Waals surface area contributed by atoms with Crippen LogP contribution in [0.25, 0.3) is 0 Å². The molecule has 0 fully saturated rings. The molecule has 0 radical (unpaired) electrons. The Bertz CT molecular complexity index is 598. The van der Waals surface area contributed by atoms with Gasteiger partial charge in [-0.05, 0) is 48.9 Å². The number of hydrogen-bond donors (Lipinski definition) is 1. The molecule has 19 heavy (non-hydrogen) atoms. The van der Waals surface area contributed by atoms with Crippen molar-refractivity contribution in [2.45, 2.75) is 13.0 Å². The third kappa shape index (κ3) is 2.31. The van der Waals surface area contributed by atoms with Gasteiger partial charge in [0.05, 0.1) is 0 Å². The van der Waals surface area contributed by atoms with Crippen LogP contribution in [0.1, 0.15) is 11.1 Å². The number of aromatic nitrogens is 1. The van der Waals surface area contributed by atoms with E-state index < -0.39 is 0 Å². The lowest BCUT2D eigenvalue weighted by Crippen LogP contribution is -2.15. The lowest BCUT2D eigenvalue weighted by atomic mass is 10.1. The van der Waals surface area contributed by atoms with Crippen molar-refractivity contribution in [3.63, 3.8) is 0 Å². The molecular formula is C15H16FN3. The van der Waals surface area contributed by atoms with Crippen LogP contribution >= 0.6 is 0 Å². The Hall–Kier alpha value is -1.94. The molecule has 3 nitrogen and oxygen atoms in total. The molecule has 0 atom stereocenters. The van der Waals surface area contributed by atoms with E-state index >= 15 is 0 Å². The van der Waals surface area contributed by atoms with Crippen molar-refractivity contribution in [2.24, 2.45) is 0 Å². The molecule has 1 aliphatic heterocycles. The average molecular weight is 257 g/mol. The monoisotopic (exact) mass is 257 g/mol. The van der Waals surface area contributed by atoms with Gasteiger partial charge in [0.25, 0.3) is 0 Å². The molecular weight excluding hydrogens is 241 g/mol. The lowest BCUT2D eigenvalue weighted by molar-refractivity contribution is 0.628. The number of rotatable bonds is 3. The van der Waals surface area contributed by atoms with Crippen molar-refractivity contribution >= 4 is 11.5 Å². The minimum atomic E-state index is -0.197. The van der Waals surface area contributed by atoms with E-state index in [1.54, 1.807) is 12.3 Å². The zero-order chi connectivity index (χ0) is 13.2. The summed E-state index contributed by atoms with van der Waals surface area (Å²) in [4.78, 5) is 6.49. The molecule has 0 saturated heterocycles. The van der Waals surface area contributed by atoms with E-state index in [4.69, 9.17) is 0 Å². The Labute approximate surface area is 112 Å². The highest BCUT2D eigenvalue weighted by Crippen LogP contribution is 2.34. The molecule has 0 spiro atoms. The summed E-state index contributed by atoms with van der Waals surface area (Å²) >= 11 is 0. The highest BCUT2D eigenvalue weighted by atomic mass is 19.1. The van der Waals surface area contributed by atoms with Crippen LogP contribution in [0.4, 0.5) is 15.9 Å². The van der Waals surface area contributed by atoms with Crippen LogP contribution in [-0.4, -0.2) is 18.6 Å². The van der Waals surface area contributed by atoms with Crippen molar-refractivity contribution in [3.8, 4) is 0 Å². The van der Waals surface area contributed by atoms with Crippen LogP contribution in [0.5, 0.6) is 0 Å². The van der Waals surface area contributed by atoms with Gasteiger partial charge in [-0.3, -0.25) is 0 Å². The van der Waals surface area contributed by atoms with Crippen LogP contribution in [0.15, 0.2) is 36.5 Å². The number of fused-ring (bicyclic) bond motifs is 1. The van der Waals surface area contributed by atoms with Gasteiger partial charge in [-0.25, -0.2) is 9.37 Å². The van der Waals surface area contributed by atoms with E-state index in [1.165, 1.54) is 17.2 Å². The fourth-order valence-corrected chi connectivity index (χ4v) is 2.51. The third-order valence-corrected chi connectivity index (χ3v) is 3.41. The number of pyridine rings is 1. The Morgan fingerprint density at radius 1 is 1.32 bits per heavy atom. The number of halogens is 1. The fourth-order valence-electron chi connectivity index (χ4n) is 2.51. The third-order valence-electron chi connectivity index (χ3n) is 3.41. The van der Waals surface area contributed by atoms with E-state index in [1.807, 2.05) is 19.2 Å². The number of benzene rings is 1. The smallest absolute Gasteiger partial charge is 0.133 e. The Kier molecular flexibility index (Phi) is 3.17. The first-order valence-electron chi connectivity index (χ1n) is 6.43. The second-order valence-corrected chi connectivity index (χ2v) is 4.73. The predicted molar refractivity (Wildman–Crippen MR) is 74.1 cm³/mol. The van der Waals surface area contributed by atoms with Crippen LogP contribution in [0, 0.1) is 5.82 Å². The van der Waals surface area contributed by atoms with Gasteiger partial charge in [-0.1, -0.05) is 6.07 Å². The van der Waals surface area contributed by atoms with Crippen molar-refractivity contribution < 1.29 is 4.39 Å². The molecule has 0 bridgehead atoms. The molecule has 0 saturated carbocycles. The minimum absolute atomic E-state index is 0.197. The Morgan fingerprint density at radius 2 is 2.21 bits per heavy atom. The lowest BCUT2D eigenvalue weighted by Gasteiger charge is -2.19. The van der Waals surface area contributed by atoms with Gasteiger partial charge in [-0.2, -0.15) is 0 Å². The van der Waals surface area contributed by atoms with Crippen LogP contribution in [0.2, 0.25) is 0 Å². The van der Waals surface area contributed by atoms with Gasteiger partial charge < -0.3 is 10.2 Å². The summed E-state index contributed by atoms with van der Waals surface area (Å²) in [5.41, 5.74) is 3.30. The highest BCUT2D eigenvalue weighted by molar-refractivity contribution is 5.67. The second kappa shape index (κ2) is 4.97. The number of anilines is 2. The topological polar surface area (TPSA) is 28.2 Å². The number of hydrogen-bond acceptors (Lipinski definition) is 3. The van der Waals surface area contributed by atoms with E-state index in [9.17, 15) is 4.39 Å². The molecule has 0 aliphatic carbocycles. The summed E-state index contributed by atoms with van der Waals surface area (Å²) in [6.07, 6.45) is 2.74. The quantitative estimate of drug-likeness (QED) is 0.916. The summed E-state index contributed by atoms with van der Waals surface area (Å²) in [7, 11) is 1.92. The van der Waals surface area contributed by atoms with E-state index in [0.717, 1.165) is 31.0 Å². The number of nitrogens with zero attached hydrogens (tertiary/aromatic N) is 2. The SMILES string of the molecule is CNCc1ccnc(N2CCc3ccc(F)cc32)c1. The largest absolute Gasteiger partial charge is 0.326 e. The van der Waals surface area contributed by atoms with Gasteiger partial charge in [0.15, 0.2) is 0 Å². The zero-order valence-electron chi connectivity index (χ0n) is 10.9. The highest BCUT2D eigenvalue weighted by Gasteiger charge is 2.21. The van der Waals surface area contributed by atoms with Crippen molar-refractivity contribution in [2.75, 3.05) is 18.5 Å². The van der Waals surface area contributed by atoms with Crippen LogP contribution in [0.3, 0.4) is 0 Å². The first-order chi connectivity index (χ1) is 9.28. The van der Waals surface area contributed by atoms with Crippen LogP contribution in [-0.2, 0) is 13.0 Å². The molecule has 3 rings (SSSR count). The standard InChI is InChI=1S/C15H16FN3/c1-17-10-11-4-6-18-15(8-11)19-7-5-12-2-3-13(16)9-14(12)19/h2-4,6,8-9,17H,5,7,10H2,1H3. The number of nitrogens with one attached hydrogen (secondary N) is 1. The average Bonchev–Trinajstić information content (AvgIpc) is 2.82. The normalized spacial score (nSPS) is 13.7. The minimum Gasteiger partial charge on any atom is -0.326 e. The van der Waals surface area contributed by atoms with Gasteiger partial charge in [0, 0.05) is 25.0 Å². The maximum absolute atomic E-state index is 13.4. The molecule has 0 amide bonds. The molecule has 1 N–H and O–H groups in total. The first-order valence-corrected chi connectivity index (χ1v) is 6.43. The van der Waals surface area contributed by atoms with Gasteiger partial charge >= 0.3 is 0 Å². The zero-order valence-corrected chi connectivity index (χ0v) is 10.9. The molecule has 98 valence electrons. The summed E-state index contributed by atoms with van der Waals surface area (Å²) in [5, 5.41) is 3.12. The van der Waals surface area contributed by atoms with E-state index in [2.05, 4.69) is 21.3 Å². The molecule has 4 heteroatoms. The van der Waals surface area contributed by atoms with Crippen molar-refractivity contribution in [1.29, 1.82) is 0 Å². The Morgan fingerprint density at radius 3 is 3.05 bits per heavy atom. The van der Waals surface area contributed by atoms with Crippen LogP contribution < -0.4 is 10.2 Å². The molecule has 1 aromatic carbocycles. The van der Waals surface area contributed by atoms with E-state index in [0.29, 0.717) is 0 Å². The van der Waals surface area contributed by atoms with Gasteiger partial charge in [0.2, 0.25) is 0 Å². The first kappa shape index (κ1) is 12.1. The Balaban J connectivity index is 1.96. The van der Waals surface area contributed by atoms with Crippen molar-refractivity contribution in [1.82, 2.24) is 10.3 Å². The summed E-state index contributed by atoms with van der Waals surface area (Å²) in [6.45, 7) is 1.66. The second-order valence-electron chi connectivity index (χ2n) is 4.73. The molecule has 2 aromatic rings. The maximum atomic E-state index is 13.4. The van der Waals surface area contributed by atoms with Gasteiger partial charge in [-0.15, -0.1) is 0 Å². The predicted octanol–water partition coefficient (Wildman–Crippen LogP) is 2.63. The fraction of sp³-hybridized carbons (Fsp3) is 0.267. The molecule has 1 aromatic heterocycles. The van der Waals surface area contributed by atoms with Crippen molar-refractivity contribution in [3.05, 3.63) is 53.5 Å². The summed E-state index contributed by atoms with van der Waals surface area (Å²) in [5.74, 6) is 0.689. The summed E-state index contributed by atoms with van der Waals surface area (Å²) < 4.78 is 13.4. The van der Waals surface area contributed by atoms with E-state index in [-0.39, 0.29) is 5.82 Å². The molecule has 0 unspecified atom stereocenters.